The molecular weight excluding hydrogens is 200 g/mol. The molecule has 16 heavy (non-hydrogen) atoms. The van der Waals surface area contributed by atoms with E-state index in [0.717, 1.165) is 16.5 Å². The highest BCUT2D eigenvalue weighted by atomic mass is 16.1. The van der Waals surface area contributed by atoms with E-state index in [4.69, 9.17) is 5.26 Å². The summed E-state index contributed by atoms with van der Waals surface area (Å²) in [6.07, 6.45) is 0. The molecule has 2 aromatic rings. The zero-order chi connectivity index (χ0) is 11.5. The molecule has 3 nitrogen and oxygen atoms in total. The van der Waals surface area contributed by atoms with E-state index in [1.807, 2.05) is 30.3 Å². The smallest absolute Gasteiger partial charge is 0.221 e. The van der Waals surface area contributed by atoms with E-state index in [1.54, 1.807) is 6.07 Å². The van der Waals surface area contributed by atoms with Gasteiger partial charge in [0.25, 0.3) is 0 Å². The minimum absolute atomic E-state index is 0.0898. The maximum Gasteiger partial charge on any atom is 0.221 e. The summed E-state index contributed by atoms with van der Waals surface area (Å²) < 4.78 is 0. The molecule has 0 saturated carbocycles. The fourth-order valence-electron chi connectivity index (χ4n) is 1.60. The number of anilines is 1. The van der Waals surface area contributed by atoms with Gasteiger partial charge in [0.05, 0.1) is 11.6 Å². The molecule has 0 heterocycles. The van der Waals surface area contributed by atoms with Gasteiger partial charge in [-0.3, -0.25) is 4.79 Å². The number of carbonyl (C=O) groups is 1. The van der Waals surface area contributed by atoms with Gasteiger partial charge < -0.3 is 5.32 Å². The number of hydrogen-bond acceptors (Lipinski definition) is 2. The van der Waals surface area contributed by atoms with Gasteiger partial charge in [0, 0.05) is 12.6 Å². The van der Waals surface area contributed by atoms with Crippen molar-refractivity contribution in [2.75, 3.05) is 5.32 Å². The Morgan fingerprint density at radius 2 is 1.88 bits per heavy atom. The normalized spacial score (nSPS) is 9.75. The maximum atomic E-state index is 10.9. The van der Waals surface area contributed by atoms with Crippen molar-refractivity contribution in [3.05, 3.63) is 42.0 Å². The van der Waals surface area contributed by atoms with Crippen molar-refractivity contribution in [2.24, 2.45) is 0 Å². The lowest BCUT2D eigenvalue weighted by Crippen LogP contribution is -2.05. The van der Waals surface area contributed by atoms with Gasteiger partial charge >= 0.3 is 0 Å². The van der Waals surface area contributed by atoms with Crippen LogP contribution < -0.4 is 5.32 Å². The Morgan fingerprint density at radius 1 is 1.19 bits per heavy atom. The van der Waals surface area contributed by atoms with E-state index in [-0.39, 0.29) is 5.91 Å². The molecule has 0 aromatic heterocycles. The van der Waals surface area contributed by atoms with E-state index in [0.29, 0.717) is 5.56 Å². The van der Waals surface area contributed by atoms with Crippen molar-refractivity contribution in [3.8, 4) is 6.07 Å². The number of nitrogens with zero attached hydrogens (tertiary/aromatic N) is 1. The summed E-state index contributed by atoms with van der Waals surface area (Å²) in [4.78, 5) is 10.9. The molecule has 2 rings (SSSR count). The second kappa shape index (κ2) is 4.03. The highest BCUT2D eigenvalue weighted by molar-refractivity contribution is 5.93. The van der Waals surface area contributed by atoms with Gasteiger partial charge in [-0.1, -0.05) is 12.1 Å². The Labute approximate surface area is 93.3 Å². The van der Waals surface area contributed by atoms with Crippen LogP contribution in [0.15, 0.2) is 36.4 Å². The molecule has 0 fully saturated rings. The Kier molecular flexibility index (Phi) is 2.57. The zero-order valence-corrected chi connectivity index (χ0v) is 8.82. The highest BCUT2D eigenvalue weighted by Gasteiger charge is 1.99. The quantitative estimate of drug-likeness (QED) is 0.786. The first kappa shape index (κ1) is 10.2. The van der Waals surface area contributed by atoms with Gasteiger partial charge in [0.1, 0.15) is 0 Å². The van der Waals surface area contributed by atoms with E-state index in [9.17, 15) is 4.79 Å². The van der Waals surface area contributed by atoms with Crippen LogP contribution in [-0.4, -0.2) is 5.91 Å². The fraction of sp³-hybridized carbons (Fsp3) is 0.0769. The van der Waals surface area contributed by atoms with Crippen LogP contribution in [0.4, 0.5) is 5.69 Å². The number of rotatable bonds is 1. The van der Waals surface area contributed by atoms with Gasteiger partial charge in [0.2, 0.25) is 5.91 Å². The minimum Gasteiger partial charge on any atom is -0.326 e. The number of amides is 1. The Morgan fingerprint density at radius 3 is 2.56 bits per heavy atom. The molecule has 78 valence electrons. The number of fused-ring (bicyclic) bond motifs is 1. The van der Waals surface area contributed by atoms with Crippen molar-refractivity contribution in [1.82, 2.24) is 0 Å². The van der Waals surface area contributed by atoms with Crippen LogP contribution in [0.5, 0.6) is 0 Å². The lowest BCUT2D eigenvalue weighted by Gasteiger charge is -2.04. The second-order valence-electron chi connectivity index (χ2n) is 3.57. The first-order valence-electron chi connectivity index (χ1n) is 4.90. The third-order valence-electron chi connectivity index (χ3n) is 2.29. The third-order valence-corrected chi connectivity index (χ3v) is 2.29. The van der Waals surface area contributed by atoms with Crippen molar-refractivity contribution in [2.45, 2.75) is 6.92 Å². The monoisotopic (exact) mass is 210 g/mol. The lowest BCUT2D eigenvalue weighted by atomic mass is 10.1. The molecule has 0 aliphatic carbocycles. The van der Waals surface area contributed by atoms with Gasteiger partial charge in [0.15, 0.2) is 0 Å². The third kappa shape index (κ3) is 2.01. The molecule has 0 atom stereocenters. The van der Waals surface area contributed by atoms with Crippen molar-refractivity contribution < 1.29 is 4.79 Å². The molecular formula is C13H10N2O. The number of hydrogen-bond donors (Lipinski definition) is 1. The molecule has 2 aromatic carbocycles. The summed E-state index contributed by atoms with van der Waals surface area (Å²) in [5, 5.41) is 13.5. The molecule has 0 radical (unpaired) electrons. The van der Waals surface area contributed by atoms with E-state index in [1.165, 1.54) is 6.92 Å². The second-order valence-corrected chi connectivity index (χ2v) is 3.57. The van der Waals surface area contributed by atoms with Crippen LogP contribution in [0.25, 0.3) is 10.8 Å². The molecule has 1 amide bonds. The molecule has 0 spiro atoms. The molecule has 3 heteroatoms. The molecule has 0 aliphatic heterocycles. The maximum absolute atomic E-state index is 10.9. The Balaban J connectivity index is 2.48. The largest absolute Gasteiger partial charge is 0.326 e. The van der Waals surface area contributed by atoms with Gasteiger partial charge in [-0.05, 0) is 35.0 Å². The predicted molar refractivity (Wildman–Crippen MR) is 63.0 cm³/mol. The lowest BCUT2D eigenvalue weighted by molar-refractivity contribution is -0.114. The van der Waals surface area contributed by atoms with E-state index in [2.05, 4.69) is 11.4 Å². The van der Waals surface area contributed by atoms with Gasteiger partial charge in [-0.25, -0.2) is 0 Å². The van der Waals surface area contributed by atoms with Crippen LogP contribution in [0.3, 0.4) is 0 Å². The van der Waals surface area contributed by atoms with Crippen LogP contribution >= 0.6 is 0 Å². The summed E-state index contributed by atoms with van der Waals surface area (Å²) in [5.74, 6) is -0.0898. The summed E-state index contributed by atoms with van der Waals surface area (Å²) >= 11 is 0. The first-order valence-corrected chi connectivity index (χ1v) is 4.90. The first-order chi connectivity index (χ1) is 7.69. The van der Waals surface area contributed by atoms with Crippen molar-refractivity contribution in [1.29, 1.82) is 5.26 Å². The van der Waals surface area contributed by atoms with Crippen LogP contribution in [0, 0.1) is 11.3 Å². The molecule has 0 unspecified atom stereocenters. The van der Waals surface area contributed by atoms with Crippen LogP contribution in [0.2, 0.25) is 0 Å². The highest BCUT2D eigenvalue weighted by Crippen LogP contribution is 2.20. The van der Waals surface area contributed by atoms with Crippen molar-refractivity contribution >= 4 is 22.4 Å². The molecule has 0 bridgehead atoms. The zero-order valence-electron chi connectivity index (χ0n) is 8.82. The van der Waals surface area contributed by atoms with E-state index >= 15 is 0 Å². The topological polar surface area (TPSA) is 52.9 Å². The number of benzene rings is 2. The fourth-order valence-corrected chi connectivity index (χ4v) is 1.60. The standard InChI is InChI=1S/C13H10N2O/c1-9(16)15-13-5-4-11-6-10(8-14)2-3-12(11)7-13/h2-7H,1H3,(H,15,16). The van der Waals surface area contributed by atoms with E-state index < -0.39 is 0 Å². The molecule has 1 N–H and O–H groups in total. The van der Waals surface area contributed by atoms with Gasteiger partial charge in [-0.15, -0.1) is 0 Å². The Bertz CT molecular complexity index is 596. The van der Waals surface area contributed by atoms with Gasteiger partial charge in [-0.2, -0.15) is 5.26 Å². The molecule has 0 aliphatic rings. The SMILES string of the molecule is CC(=O)Nc1ccc2cc(C#N)ccc2c1. The summed E-state index contributed by atoms with van der Waals surface area (Å²) in [5.41, 5.74) is 1.41. The number of nitrogens with one attached hydrogen (secondary N) is 1. The van der Waals surface area contributed by atoms with Crippen LogP contribution in [-0.2, 0) is 4.79 Å². The Hall–Kier alpha value is -2.34. The number of carbonyl (C=O) groups excluding carboxylic acids is 1. The minimum atomic E-state index is -0.0898. The average molecular weight is 210 g/mol. The van der Waals surface area contributed by atoms with Crippen molar-refractivity contribution in [3.63, 3.8) is 0 Å². The summed E-state index contributed by atoms with van der Waals surface area (Å²) in [7, 11) is 0. The predicted octanol–water partition coefficient (Wildman–Crippen LogP) is 2.67. The van der Waals surface area contributed by atoms with Crippen LogP contribution in [0.1, 0.15) is 12.5 Å². The average Bonchev–Trinajstić information content (AvgIpc) is 2.27. The molecule has 0 saturated heterocycles. The summed E-state index contributed by atoms with van der Waals surface area (Å²) in [6, 6.07) is 13.2. The summed E-state index contributed by atoms with van der Waals surface area (Å²) in [6.45, 7) is 1.48. The number of nitriles is 1.